The summed E-state index contributed by atoms with van der Waals surface area (Å²) in [6.45, 7) is 0.612. The van der Waals surface area contributed by atoms with Crippen LogP contribution in [0.2, 0.25) is 0 Å². The average molecular weight is 243 g/mol. The predicted octanol–water partition coefficient (Wildman–Crippen LogP) is 1.33. The van der Waals surface area contributed by atoms with Gasteiger partial charge in [0.15, 0.2) is 5.17 Å². The Hall–Kier alpha value is -1.01. The van der Waals surface area contributed by atoms with Crippen molar-refractivity contribution in [3.63, 3.8) is 0 Å². The Morgan fingerprint density at radius 3 is 3.00 bits per heavy atom. The van der Waals surface area contributed by atoms with E-state index < -0.39 is 0 Å². The first-order valence-corrected chi connectivity index (χ1v) is 6.24. The van der Waals surface area contributed by atoms with Crippen molar-refractivity contribution in [2.45, 2.75) is 6.54 Å². The van der Waals surface area contributed by atoms with Crippen molar-refractivity contribution < 1.29 is 4.79 Å². The van der Waals surface area contributed by atoms with Crippen molar-refractivity contribution in [3.05, 3.63) is 22.4 Å². The number of nitrogens with zero attached hydrogens (tertiary/aromatic N) is 1. The van der Waals surface area contributed by atoms with Gasteiger partial charge in [-0.25, -0.2) is 0 Å². The van der Waals surface area contributed by atoms with Crippen molar-refractivity contribution in [1.82, 2.24) is 4.90 Å². The molecule has 0 radical (unpaired) electrons. The molecule has 1 aromatic heterocycles. The van der Waals surface area contributed by atoms with Gasteiger partial charge in [-0.05, 0) is 22.4 Å². The molecule has 82 valence electrons. The smallest absolute Gasteiger partial charge is 0.233 e. The highest BCUT2D eigenvalue weighted by Crippen LogP contribution is 2.09. The van der Waals surface area contributed by atoms with Gasteiger partial charge < -0.3 is 10.6 Å². The summed E-state index contributed by atoms with van der Waals surface area (Å²) >= 11 is 2.67. The van der Waals surface area contributed by atoms with E-state index in [4.69, 9.17) is 11.1 Å². The third-order valence-corrected chi connectivity index (χ3v) is 3.21. The van der Waals surface area contributed by atoms with Gasteiger partial charge in [-0.1, -0.05) is 11.8 Å². The molecule has 1 heterocycles. The summed E-state index contributed by atoms with van der Waals surface area (Å²) in [5, 5.41) is 11.0. The summed E-state index contributed by atoms with van der Waals surface area (Å²) in [4.78, 5) is 13.2. The van der Waals surface area contributed by atoms with Gasteiger partial charge in [0.2, 0.25) is 5.91 Å². The number of rotatable bonds is 4. The van der Waals surface area contributed by atoms with Gasteiger partial charge in [0.05, 0.1) is 5.75 Å². The summed E-state index contributed by atoms with van der Waals surface area (Å²) in [7, 11) is 1.75. The molecule has 4 nitrogen and oxygen atoms in total. The number of amides is 1. The van der Waals surface area contributed by atoms with E-state index in [9.17, 15) is 4.79 Å². The van der Waals surface area contributed by atoms with Gasteiger partial charge in [-0.3, -0.25) is 10.2 Å². The topological polar surface area (TPSA) is 70.2 Å². The molecule has 0 bridgehead atoms. The monoisotopic (exact) mass is 243 g/mol. The van der Waals surface area contributed by atoms with Gasteiger partial charge in [-0.15, -0.1) is 0 Å². The zero-order valence-corrected chi connectivity index (χ0v) is 10.0. The standard InChI is InChI=1S/C9H13N3OS2/c1-12(4-7-2-3-14-5-7)8(13)6-15-9(10)11/h2-3,5H,4,6H2,1H3,(H3,10,11). The lowest BCUT2D eigenvalue weighted by atomic mass is 10.3. The molecule has 0 saturated heterocycles. The highest BCUT2D eigenvalue weighted by atomic mass is 32.2. The van der Waals surface area contributed by atoms with E-state index in [1.165, 1.54) is 0 Å². The van der Waals surface area contributed by atoms with Crippen LogP contribution in [-0.2, 0) is 11.3 Å². The number of thiophene rings is 1. The van der Waals surface area contributed by atoms with E-state index in [-0.39, 0.29) is 16.8 Å². The Morgan fingerprint density at radius 2 is 2.47 bits per heavy atom. The average Bonchev–Trinajstić information content (AvgIpc) is 2.66. The molecule has 3 N–H and O–H groups in total. The Bertz CT molecular complexity index is 337. The first-order chi connectivity index (χ1) is 7.09. The van der Waals surface area contributed by atoms with E-state index in [0.29, 0.717) is 6.54 Å². The molecule has 0 saturated carbocycles. The van der Waals surface area contributed by atoms with Crippen molar-refractivity contribution in [2.75, 3.05) is 12.8 Å². The van der Waals surface area contributed by atoms with Gasteiger partial charge in [-0.2, -0.15) is 11.3 Å². The number of thioether (sulfide) groups is 1. The Kier molecular flexibility index (Phi) is 4.64. The third kappa shape index (κ3) is 4.35. The molecule has 0 aliphatic rings. The number of nitrogens with one attached hydrogen (secondary N) is 1. The van der Waals surface area contributed by atoms with Crippen LogP contribution in [0.4, 0.5) is 0 Å². The van der Waals surface area contributed by atoms with Gasteiger partial charge >= 0.3 is 0 Å². The zero-order valence-electron chi connectivity index (χ0n) is 8.40. The van der Waals surface area contributed by atoms with Crippen LogP contribution < -0.4 is 5.73 Å². The molecule has 0 aliphatic carbocycles. The molecule has 0 atom stereocenters. The Balaban J connectivity index is 2.36. The zero-order chi connectivity index (χ0) is 11.3. The summed E-state index contributed by atoms with van der Waals surface area (Å²) in [6.07, 6.45) is 0. The molecule has 0 aliphatic heterocycles. The fourth-order valence-electron chi connectivity index (χ4n) is 0.994. The second-order valence-electron chi connectivity index (χ2n) is 3.03. The Morgan fingerprint density at radius 1 is 1.73 bits per heavy atom. The van der Waals surface area contributed by atoms with Gasteiger partial charge in [0, 0.05) is 13.6 Å². The minimum Gasteiger partial charge on any atom is -0.379 e. The van der Waals surface area contributed by atoms with Crippen LogP contribution in [0, 0.1) is 5.41 Å². The molecule has 0 spiro atoms. The molecule has 0 fully saturated rings. The number of hydrogen-bond donors (Lipinski definition) is 2. The van der Waals surface area contributed by atoms with Gasteiger partial charge in [0.1, 0.15) is 0 Å². The maximum absolute atomic E-state index is 11.5. The van der Waals surface area contributed by atoms with Crippen molar-refractivity contribution in [1.29, 1.82) is 5.41 Å². The van der Waals surface area contributed by atoms with E-state index >= 15 is 0 Å². The molecule has 1 rings (SSSR count). The van der Waals surface area contributed by atoms with Gasteiger partial charge in [0.25, 0.3) is 0 Å². The fourth-order valence-corrected chi connectivity index (χ4v) is 2.15. The minimum atomic E-state index is -0.0210. The molecule has 6 heteroatoms. The van der Waals surface area contributed by atoms with E-state index in [2.05, 4.69) is 0 Å². The molecule has 0 aromatic carbocycles. The number of amidine groups is 1. The van der Waals surface area contributed by atoms with E-state index in [0.717, 1.165) is 17.3 Å². The van der Waals surface area contributed by atoms with Crippen molar-refractivity contribution in [3.8, 4) is 0 Å². The predicted molar refractivity (Wildman–Crippen MR) is 65.2 cm³/mol. The maximum Gasteiger partial charge on any atom is 0.233 e. The maximum atomic E-state index is 11.5. The molecular formula is C9H13N3OS2. The van der Waals surface area contributed by atoms with Crippen molar-refractivity contribution >= 4 is 34.2 Å². The van der Waals surface area contributed by atoms with Crippen LogP contribution in [0.1, 0.15) is 5.56 Å². The van der Waals surface area contributed by atoms with E-state index in [1.54, 1.807) is 23.3 Å². The molecule has 1 aromatic rings. The highest BCUT2D eigenvalue weighted by molar-refractivity contribution is 8.14. The Labute approximate surface area is 97.0 Å². The van der Waals surface area contributed by atoms with Crippen LogP contribution >= 0.6 is 23.1 Å². The summed E-state index contributed by atoms with van der Waals surface area (Å²) < 4.78 is 0. The summed E-state index contributed by atoms with van der Waals surface area (Å²) in [6, 6.07) is 1.99. The number of carbonyl (C=O) groups is 1. The normalized spacial score (nSPS) is 9.93. The third-order valence-electron chi connectivity index (χ3n) is 1.78. The largest absolute Gasteiger partial charge is 0.379 e. The van der Waals surface area contributed by atoms with Crippen LogP contribution in [-0.4, -0.2) is 28.8 Å². The number of nitrogens with two attached hydrogens (primary N) is 1. The van der Waals surface area contributed by atoms with Crippen molar-refractivity contribution in [2.24, 2.45) is 5.73 Å². The first-order valence-electron chi connectivity index (χ1n) is 4.31. The van der Waals surface area contributed by atoms with Crippen LogP contribution in [0.25, 0.3) is 0 Å². The fraction of sp³-hybridized carbons (Fsp3) is 0.333. The molecular weight excluding hydrogens is 230 g/mol. The first kappa shape index (κ1) is 12.1. The summed E-state index contributed by atoms with van der Waals surface area (Å²) in [5.74, 6) is 0.220. The lowest BCUT2D eigenvalue weighted by molar-refractivity contribution is -0.127. The lowest BCUT2D eigenvalue weighted by Crippen LogP contribution is -2.28. The SMILES string of the molecule is CN(Cc1ccsc1)C(=O)CSC(=N)N. The lowest BCUT2D eigenvalue weighted by Gasteiger charge is -2.15. The van der Waals surface area contributed by atoms with Crippen LogP contribution in [0.5, 0.6) is 0 Å². The van der Waals surface area contributed by atoms with Crippen LogP contribution in [0.3, 0.4) is 0 Å². The second kappa shape index (κ2) is 5.77. The molecule has 15 heavy (non-hydrogen) atoms. The quantitative estimate of drug-likeness (QED) is 0.619. The highest BCUT2D eigenvalue weighted by Gasteiger charge is 2.09. The van der Waals surface area contributed by atoms with Crippen LogP contribution in [0.15, 0.2) is 16.8 Å². The number of carbonyl (C=O) groups excluding carboxylic acids is 1. The molecule has 0 unspecified atom stereocenters. The number of hydrogen-bond acceptors (Lipinski definition) is 4. The van der Waals surface area contributed by atoms with E-state index in [1.807, 2.05) is 16.8 Å². The minimum absolute atomic E-state index is 0.0126. The summed E-state index contributed by atoms with van der Waals surface area (Å²) in [5.41, 5.74) is 6.28. The molecule has 1 amide bonds. The second-order valence-corrected chi connectivity index (χ2v) is 4.83.